The predicted octanol–water partition coefficient (Wildman–Crippen LogP) is 7.48. The van der Waals surface area contributed by atoms with Crippen LogP contribution in [-0.4, -0.2) is 12.6 Å². The van der Waals surface area contributed by atoms with Crippen LogP contribution in [0, 0.1) is 0 Å². The van der Waals surface area contributed by atoms with Crippen molar-refractivity contribution < 1.29 is 9.53 Å². The van der Waals surface area contributed by atoms with Crippen molar-refractivity contribution in [2.24, 2.45) is 0 Å². The third-order valence-corrected chi connectivity index (χ3v) is 5.67. The van der Waals surface area contributed by atoms with Gasteiger partial charge in [-0.1, -0.05) is 104 Å². The number of fused-ring (bicyclic) bond motifs is 1. The molecule has 0 unspecified atom stereocenters. The minimum absolute atomic E-state index is 0.368. The Morgan fingerprint density at radius 2 is 1.31 bits per heavy atom. The first-order chi connectivity index (χ1) is 15.7. The molecule has 0 spiro atoms. The van der Waals surface area contributed by atoms with Gasteiger partial charge in [0, 0.05) is 6.08 Å². The highest BCUT2D eigenvalue weighted by Crippen LogP contribution is 2.35. The number of esters is 1. The highest BCUT2D eigenvalue weighted by molar-refractivity contribution is 6.04. The minimum atomic E-state index is -0.368. The lowest BCUT2D eigenvalue weighted by atomic mass is 9.91. The fourth-order valence-corrected chi connectivity index (χ4v) is 3.96. The molecule has 0 aliphatic carbocycles. The topological polar surface area (TPSA) is 26.3 Å². The molecule has 4 aromatic carbocycles. The maximum atomic E-state index is 11.1. The van der Waals surface area contributed by atoms with Crippen LogP contribution in [0.3, 0.4) is 0 Å². The zero-order valence-corrected chi connectivity index (χ0v) is 18.1. The smallest absolute Gasteiger partial charge is 0.330 e. The molecule has 4 rings (SSSR count). The van der Waals surface area contributed by atoms with E-state index in [0.29, 0.717) is 6.61 Å². The van der Waals surface area contributed by atoms with Crippen LogP contribution in [-0.2, 0) is 16.0 Å². The van der Waals surface area contributed by atoms with Crippen LogP contribution in [0.4, 0.5) is 0 Å². The number of benzene rings is 4. The molecule has 0 atom stereocenters. The van der Waals surface area contributed by atoms with Gasteiger partial charge in [-0.15, -0.1) is 0 Å². The first-order valence-electron chi connectivity index (χ1n) is 10.8. The summed E-state index contributed by atoms with van der Waals surface area (Å²) in [4.78, 5) is 11.1. The van der Waals surface area contributed by atoms with E-state index in [9.17, 15) is 4.79 Å². The molecule has 2 heteroatoms. The Bertz CT molecular complexity index is 1250. The molecule has 0 N–H and O–H groups in total. The molecule has 0 heterocycles. The monoisotopic (exact) mass is 418 g/mol. The van der Waals surface area contributed by atoms with Crippen molar-refractivity contribution in [3.05, 3.63) is 115 Å². The summed E-state index contributed by atoms with van der Waals surface area (Å²) in [6.07, 6.45) is 4.72. The fraction of sp³-hybridized carbons (Fsp3) is 0.100. The minimum Gasteiger partial charge on any atom is -0.463 e. The summed E-state index contributed by atoms with van der Waals surface area (Å²) in [7, 11) is 0. The number of rotatable bonds is 8. The highest BCUT2D eigenvalue weighted by atomic mass is 16.5. The van der Waals surface area contributed by atoms with Gasteiger partial charge in [0.2, 0.25) is 0 Å². The molecule has 0 aliphatic heterocycles. The summed E-state index contributed by atoms with van der Waals surface area (Å²) in [6.45, 7) is 7.66. The molecule has 32 heavy (non-hydrogen) atoms. The lowest BCUT2D eigenvalue weighted by molar-refractivity contribution is -0.137. The number of carbonyl (C=O) groups excluding carboxylic acids is 1. The molecular weight excluding hydrogens is 392 g/mol. The summed E-state index contributed by atoms with van der Waals surface area (Å²) >= 11 is 0. The van der Waals surface area contributed by atoms with Crippen molar-refractivity contribution in [2.45, 2.75) is 12.8 Å². The summed E-state index contributed by atoms with van der Waals surface area (Å²) in [5.74, 6) is -0.368. The van der Waals surface area contributed by atoms with Gasteiger partial charge in [-0.3, -0.25) is 0 Å². The van der Waals surface area contributed by atoms with Crippen molar-refractivity contribution in [3.63, 3.8) is 0 Å². The van der Waals surface area contributed by atoms with Crippen molar-refractivity contribution in [1.29, 1.82) is 0 Å². The molecule has 0 aromatic heterocycles. The normalized spacial score (nSPS) is 10.6. The molecule has 4 aromatic rings. The van der Waals surface area contributed by atoms with E-state index in [4.69, 9.17) is 4.74 Å². The average molecular weight is 419 g/mol. The number of hydrogen-bond donors (Lipinski definition) is 0. The lowest BCUT2D eigenvalue weighted by Gasteiger charge is -2.13. The number of aryl methyl sites for hydroxylation is 1. The predicted molar refractivity (Wildman–Crippen MR) is 134 cm³/mol. The molecule has 2 nitrogen and oxygen atoms in total. The van der Waals surface area contributed by atoms with Gasteiger partial charge in [-0.05, 0) is 57.0 Å². The first-order valence-corrected chi connectivity index (χ1v) is 10.8. The average Bonchev–Trinajstić information content (AvgIpc) is 2.86. The third-order valence-electron chi connectivity index (χ3n) is 5.67. The van der Waals surface area contributed by atoms with Gasteiger partial charge in [-0.25, -0.2) is 4.79 Å². The number of hydrogen-bond acceptors (Lipinski definition) is 2. The lowest BCUT2D eigenvalue weighted by Crippen LogP contribution is -2.02. The zero-order valence-electron chi connectivity index (χ0n) is 18.1. The Morgan fingerprint density at radius 3 is 1.84 bits per heavy atom. The standard InChI is InChI=1S/C30H26O2/c1-3-22-11-15-24(16-12-22)26-19-20-27(29-10-6-5-9-28(26)29)25-17-13-23(14-18-25)8-7-21-32-30(31)4-2/h3-6,9-20H,1-2,7-8,21H2. The van der Waals surface area contributed by atoms with E-state index >= 15 is 0 Å². The summed E-state index contributed by atoms with van der Waals surface area (Å²) < 4.78 is 5.05. The SMILES string of the molecule is C=CC(=O)OCCCc1ccc(-c2ccc(-c3ccc(C=C)cc3)c3ccccc23)cc1. The zero-order chi connectivity index (χ0) is 22.3. The van der Waals surface area contributed by atoms with E-state index in [2.05, 4.69) is 98.1 Å². The number of ether oxygens (including phenoxy) is 1. The highest BCUT2D eigenvalue weighted by Gasteiger charge is 2.09. The van der Waals surface area contributed by atoms with E-state index in [-0.39, 0.29) is 5.97 Å². The summed E-state index contributed by atoms with van der Waals surface area (Å²) in [6, 6.07) is 30.1. The fourth-order valence-electron chi connectivity index (χ4n) is 3.96. The van der Waals surface area contributed by atoms with Gasteiger partial charge < -0.3 is 4.74 Å². The molecule has 0 amide bonds. The first kappa shape index (κ1) is 21.3. The van der Waals surface area contributed by atoms with E-state index in [1.165, 1.54) is 44.7 Å². The maximum Gasteiger partial charge on any atom is 0.330 e. The molecular formula is C30H26O2. The molecule has 0 saturated carbocycles. The Kier molecular flexibility index (Phi) is 6.62. The van der Waals surface area contributed by atoms with Crippen LogP contribution >= 0.6 is 0 Å². The largest absolute Gasteiger partial charge is 0.463 e. The van der Waals surface area contributed by atoms with Crippen LogP contribution in [0.2, 0.25) is 0 Å². The quantitative estimate of drug-likeness (QED) is 0.168. The second kappa shape index (κ2) is 9.93. The van der Waals surface area contributed by atoms with E-state index in [1.807, 2.05) is 6.08 Å². The van der Waals surface area contributed by atoms with Gasteiger partial charge in [-0.2, -0.15) is 0 Å². The summed E-state index contributed by atoms with van der Waals surface area (Å²) in [5.41, 5.74) is 7.19. The van der Waals surface area contributed by atoms with Crippen molar-refractivity contribution >= 4 is 22.8 Å². The molecule has 0 radical (unpaired) electrons. The molecule has 158 valence electrons. The van der Waals surface area contributed by atoms with Crippen LogP contribution in [0.1, 0.15) is 17.5 Å². The van der Waals surface area contributed by atoms with Crippen LogP contribution in [0.5, 0.6) is 0 Å². The molecule has 0 bridgehead atoms. The van der Waals surface area contributed by atoms with Crippen molar-refractivity contribution in [1.82, 2.24) is 0 Å². The van der Waals surface area contributed by atoms with Gasteiger partial charge in [0.05, 0.1) is 6.61 Å². The Hall–Kier alpha value is -3.91. The van der Waals surface area contributed by atoms with Gasteiger partial charge in [0.1, 0.15) is 0 Å². The maximum absolute atomic E-state index is 11.1. The van der Waals surface area contributed by atoms with Crippen LogP contribution < -0.4 is 0 Å². The van der Waals surface area contributed by atoms with Crippen molar-refractivity contribution in [3.8, 4) is 22.3 Å². The van der Waals surface area contributed by atoms with E-state index in [1.54, 1.807) is 0 Å². The molecule has 0 aliphatic rings. The van der Waals surface area contributed by atoms with E-state index < -0.39 is 0 Å². The van der Waals surface area contributed by atoms with Crippen LogP contribution in [0.15, 0.2) is 104 Å². The molecule has 0 fully saturated rings. The molecule has 0 saturated heterocycles. The summed E-state index contributed by atoms with van der Waals surface area (Å²) in [5, 5.41) is 2.48. The third kappa shape index (κ3) is 4.70. The van der Waals surface area contributed by atoms with Gasteiger partial charge in [0.15, 0.2) is 0 Å². The van der Waals surface area contributed by atoms with E-state index in [0.717, 1.165) is 18.4 Å². The van der Waals surface area contributed by atoms with Crippen molar-refractivity contribution in [2.75, 3.05) is 6.61 Å². The number of carbonyl (C=O) groups is 1. The Labute approximate surface area is 189 Å². The second-order valence-electron chi connectivity index (χ2n) is 7.70. The Balaban J connectivity index is 1.59. The van der Waals surface area contributed by atoms with Gasteiger partial charge in [0.25, 0.3) is 0 Å². The second-order valence-corrected chi connectivity index (χ2v) is 7.70. The Morgan fingerprint density at radius 1 is 0.750 bits per heavy atom. The van der Waals surface area contributed by atoms with Gasteiger partial charge >= 0.3 is 5.97 Å². The van der Waals surface area contributed by atoms with Crippen LogP contribution in [0.25, 0.3) is 39.1 Å².